The number of aromatic nitrogens is 3. The Morgan fingerprint density at radius 1 is 1.18 bits per heavy atom. The van der Waals surface area contributed by atoms with E-state index in [0.717, 1.165) is 27.6 Å². The number of imidazole rings is 1. The molecule has 3 rings (SSSR count). The fourth-order valence-corrected chi connectivity index (χ4v) is 2.56. The zero-order chi connectivity index (χ0) is 11.8. The highest BCUT2D eigenvalue weighted by Gasteiger charge is 2.10. The Morgan fingerprint density at radius 3 is 2.71 bits per heavy atom. The number of para-hydroxylation sites is 2. The molecule has 0 bridgehead atoms. The van der Waals surface area contributed by atoms with Crippen LogP contribution in [0.1, 0.15) is 24.8 Å². The smallest absolute Gasteiger partial charge is 0.158 e. The van der Waals surface area contributed by atoms with Gasteiger partial charge in [-0.25, -0.2) is 9.97 Å². The second kappa shape index (κ2) is 3.96. The standard InChI is InChI=1S/C13H13N3S/c1-8(2)13-16-11(7-17-13)12-14-9-5-3-4-6-10(9)15-12/h3-8H,1-2H3,(H,14,15). The average molecular weight is 243 g/mol. The van der Waals surface area contributed by atoms with E-state index in [1.165, 1.54) is 0 Å². The number of nitrogens with zero attached hydrogens (tertiary/aromatic N) is 2. The maximum Gasteiger partial charge on any atom is 0.158 e. The van der Waals surface area contributed by atoms with Crippen LogP contribution in [-0.4, -0.2) is 15.0 Å². The molecule has 0 aliphatic rings. The molecule has 2 heterocycles. The van der Waals surface area contributed by atoms with E-state index < -0.39 is 0 Å². The first-order chi connectivity index (χ1) is 8.24. The average Bonchev–Trinajstić information content (AvgIpc) is 2.95. The Balaban J connectivity index is 2.07. The Hall–Kier alpha value is -1.68. The lowest BCUT2D eigenvalue weighted by Crippen LogP contribution is -1.86. The number of nitrogens with one attached hydrogen (secondary N) is 1. The molecule has 0 fully saturated rings. The minimum atomic E-state index is 0.470. The molecular weight excluding hydrogens is 230 g/mol. The van der Waals surface area contributed by atoms with Crippen LogP contribution in [-0.2, 0) is 0 Å². The third-order valence-electron chi connectivity index (χ3n) is 2.65. The Morgan fingerprint density at radius 2 is 2.00 bits per heavy atom. The highest BCUT2D eigenvalue weighted by Crippen LogP contribution is 2.25. The first-order valence-electron chi connectivity index (χ1n) is 5.64. The third-order valence-corrected chi connectivity index (χ3v) is 3.79. The minimum Gasteiger partial charge on any atom is -0.337 e. The van der Waals surface area contributed by atoms with Crippen molar-refractivity contribution in [2.75, 3.05) is 0 Å². The molecule has 3 aromatic rings. The van der Waals surface area contributed by atoms with Gasteiger partial charge in [-0.3, -0.25) is 0 Å². The fourth-order valence-electron chi connectivity index (χ4n) is 1.74. The number of hydrogen-bond donors (Lipinski definition) is 1. The molecule has 0 saturated carbocycles. The Labute approximate surface area is 104 Å². The highest BCUT2D eigenvalue weighted by atomic mass is 32.1. The van der Waals surface area contributed by atoms with Crippen LogP contribution in [0.15, 0.2) is 29.6 Å². The number of fused-ring (bicyclic) bond motifs is 1. The van der Waals surface area contributed by atoms with Gasteiger partial charge in [0.1, 0.15) is 5.69 Å². The zero-order valence-corrected chi connectivity index (χ0v) is 10.6. The van der Waals surface area contributed by atoms with Crippen LogP contribution in [0.4, 0.5) is 0 Å². The number of aromatic amines is 1. The summed E-state index contributed by atoms with van der Waals surface area (Å²) in [5, 5.41) is 3.22. The van der Waals surface area contributed by atoms with Gasteiger partial charge in [0.15, 0.2) is 5.82 Å². The van der Waals surface area contributed by atoms with Crippen LogP contribution in [0.25, 0.3) is 22.6 Å². The van der Waals surface area contributed by atoms with Crippen LogP contribution in [0.5, 0.6) is 0 Å². The topological polar surface area (TPSA) is 41.6 Å². The summed E-state index contributed by atoms with van der Waals surface area (Å²) < 4.78 is 0. The van der Waals surface area contributed by atoms with Gasteiger partial charge in [0.05, 0.1) is 16.0 Å². The molecule has 1 aromatic carbocycles. The van der Waals surface area contributed by atoms with E-state index in [1.54, 1.807) is 11.3 Å². The quantitative estimate of drug-likeness (QED) is 0.743. The monoisotopic (exact) mass is 243 g/mol. The largest absolute Gasteiger partial charge is 0.337 e. The third kappa shape index (κ3) is 1.85. The molecule has 0 saturated heterocycles. The van der Waals surface area contributed by atoms with E-state index in [4.69, 9.17) is 0 Å². The van der Waals surface area contributed by atoms with E-state index in [1.807, 2.05) is 24.3 Å². The van der Waals surface area contributed by atoms with Gasteiger partial charge < -0.3 is 4.98 Å². The molecule has 0 aliphatic carbocycles. The molecule has 86 valence electrons. The molecule has 3 nitrogen and oxygen atoms in total. The second-order valence-electron chi connectivity index (χ2n) is 4.33. The Bertz CT molecular complexity index is 618. The van der Waals surface area contributed by atoms with Gasteiger partial charge >= 0.3 is 0 Å². The summed E-state index contributed by atoms with van der Waals surface area (Å²) in [5.41, 5.74) is 2.98. The van der Waals surface area contributed by atoms with Crippen LogP contribution < -0.4 is 0 Å². The van der Waals surface area contributed by atoms with Gasteiger partial charge in [-0.05, 0) is 12.1 Å². The summed E-state index contributed by atoms with van der Waals surface area (Å²) in [6.07, 6.45) is 0. The number of hydrogen-bond acceptors (Lipinski definition) is 3. The molecule has 2 aromatic heterocycles. The summed E-state index contributed by atoms with van der Waals surface area (Å²) in [6, 6.07) is 8.03. The van der Waals surface area contributed by atoms with E-state index in [2.05, 4.69) is 34.2 Å². The summed E-state index contributed by atoms with van der Waals surface area (Å²) >= 11 is 1.69. The van der Waals surface area contributed by atoms with Crippen LogP contribution in [0.2, 0.25) is 0 Å². The van der Waals surface area contributed by atoms with Crippen molar-refractivity contribution in [2.24, 2.45) is 0 Å². The first-order valence-corrected chi connectivity index (χ1v) is 6.52. The van der Waals surface area contributed by atoms with Gasteiger partial charge in [0.25, 0.3) is 0 Å². The SMILES string of the molecule is CC(C)c1nc(-c2nc3ccccc3[nH]2)cs1. The van der Waals surface area contributed by atoms with Crippen LogP contribution >= 0.6 is 11.3 Å². The van der Waals surface area contributed by atoms with Gasteiger partial charge in [0.2, 0.25) is 0 Å². The molecular formula is C13H13N3S. The number of benzene rings is 1. The van der Waals surface area contributed by atoms with Crippen molar-refractivity contribution >= 4 is 22.4 Å². The van der Waals surface area contributed by atoms with Crippen LogP contribution in [0, 0.1) is 0 Å². The molecule has 4 heteroatoms. The number of rotatable bonds is 2. The molecule has 0 radical (unpaired) electrons. The first kappa shape index (κ1) is 10.5. The van der Waals surface area contributed by atoms with Gasteiger partial charge in [-0.15, -0.1) is 11.3 Å². The predicted molar refractivity (Wildman–Crippen MR) is 71.3 cm³/mol. The minimum absolute atomic E-state index is 0.470. The predicted octanol–water partition coefficient (Wildman–Crippen LogP) is 3.81. The lowest BCUT2D eigenvalue weighted by atomic mass is 10.2. The summed E-state index contributed by atoms with van der Waals surface area (Å²) in [7, 11) is 0. The van der Waals surface area contributed by atoms with Crippen molar-refractivity contribution in [2.45, 2.75) is 19.8 Å². The van der Waals surface area contributed by atoms with E-state index in [0.29, 0.717) is 5.92 Å². The summed E-state index contributed by atoms with van der Waals surface area (Å²) in [4.78, 5) is 12.4. The molecule has 0 atom stereocenters. The maximum atomic E-state index is 4.60. The Kier molecular flexibility index (Phi) is 2.44. The van der Waals surface area contributed by atoms with Crippen molar-refractivity contribution in [1.29, 1.82) is 0 Å². The number of H-pyrrole nitrogens is 1. The zero-order valence-electron chi connectivity index (χ0n) is 9.77. The van der Waals surface area contributed by atoms with Crippen molar-refractivity contribution in [3.05, 3.63) is 34.7 Å². The van der Waals surface area contributed by atoms with E-state index in [-0.39, 0.29) is 0 Å². The molecule has 0 aliphatic heterocycles. The molecule has 1 N–H and O–H groups in total. The molecule has 0 spiro atoms. The lowest BCUT2D eigenvalue weighted by Gasteiger charge is -1.95. The van der Waals surface area contributed by atoms with E-state index in [9.17, 15) is 0 Å². The molecule has 0 amide bonds. The molecule has 0 unspecified atom stereocenters. The van der Waals surface area contributed by atoms with Gasteiger partial charge in [-0.2, -0.15) is 0 Å². The highest BCUT2D eigenvalue weighted by molar-refractivity contribution is 7.10. The van der Waals surface area contributed by atoms with Crippen molar-refractivity contribution < 1.29 is 0 Å². The fraction of sp³-hybridized carbons (Fsp3) is 0.231. The lowest BCUT2D eigenvalue weighted by molar-refractivity contribution is 0.853. The van der Waals surface area contributed by atoms with Gasteiger partial charge in [0, 0.05) is 11.3 Å². The van der Waals surface area contributed by atoms with Gasteiger partial charge in [-0.1, -0.05) is 26.0 Å². The van der Waals surface area contributed by atoms with Crippen molar-refractivity contribution in [1.82, 2.24) is 15.0 Å². The van der Waals surface area contributed by atoms with Crippen LogP contribution in [0.3, 0.4) is 0 Å². The summed E-state index contributed by atoms with van der Waals surface area (Å²) in [5.74, 6) is 1.33. The number of thiazole rings is 1. The normalized spacial score (nSPS) is 11.5. The van der Waals surface area contributed by atoms with Crippen molar-refractivity contribution in [3.8, 4) is 11.5 Å². The molecule has 17 heavy (non-hydrogen) atoms. The van der Waals surface area contributed by atoms with E-state index >= 15 is 0 Å². The van der Waals surface area contributed by atoms with Crippen molar-refractivity contribution in [3.63, 3.8) is 0 Å². The summed E-state index contributed by atoms with van der Waals surface area (Å²) in [6.45, 7) is 4.31. The maximum absolute atomic E-state index is 4.60. The second-order valence-corrected chi connectivity index (χ2v) is 5.22.